The molecule has 0 amide bonds. The number of rotatable bonds is 6. The van der Waals surface area contributed by atoms with E-state index >= 15 is 0 Å². The van der Waals surface area contributed by atoms with Gasteiger partial charge in [-0.15, -0.1) is 0 Å². The average molecular weight is 444 g/mol. The number of piperidine rings is 1. The molecule has 2 aromatic heterocycles. The molecule has 0 radical (unpaired) electrons. The van der Waals surface area contributed by atoms with Gasteiger partial charge in [-0.1, -0.05) is 35.9 Å². The third kappa shape index (κ3) is 5.75. The van der Waals surface area contributed by atoms with Crippen molar-refractivity contribution < 1.29 is 4.74 Å². The van der Waals surface area contributed by atoms with Crippen molar-refractivity contribution in [1.29, 1.82) is 0 Å². The van der Waals surface area contributed by atoms with E-state index in [1.54, 1.807) is 0 Å². The van der Waals surface area contributed by atoms with Gasteiger partial charge in [0.25, 0.3) is 0 Å². The number of benzene rings is 1. The van der Waals surface area contributed by atoms with Gasteiger partial charge in [-0.2, -0.15) is 0 Å². The molecule has 0 spiro atoms. The largest absolute Gasteiger partial charge is 0.378 e. The number of pyridine rings is 1. The van der Waals surface area contributed by atoms with Crippen LogP contribution in [0.4, 0.5) is 5.95 Å². The molecule has 33 heavy (non-hydrogen) atoms. The maximum Gasteiger partial charge on any atom is 0.225 e. The monoisotopic (exact) mass is 443 g/mol. The van der Waals surface area contributed by atoms with Crippen molar-refractivity contribution in [3.05, 3.63) is 82.9 Å². The average Bonchev–Trinajstić information content (AvgIpc) is 2.85. The zero-order chi connectivity index (χ0) is 22.5. The summed E-state index contributed by atoms with van der Waals surface area (Å²) in [4.78, 5) is 19.2. The first-order chi connectivity index (χ1) is 16.2. The van der Waals surface area contributed by atoms with Crippen molar-refractivity contribution in [1.82, 2.24) is 19.9 Å². The summed E-state index contributed by atoms with van der Waals surface area (Å²) in [5, 5.41) is 0. The van der Waals surface area contributed by atoms with Gasteiger partial charge in [-0.3, -0.25) is 9.88 Å². The predicted molar refractivity (Wildman–Crippen MR) is 131 cm³/mol. The second kappa shape index (κ2) is 10.4. The smallest absolute Gasteiger partial charge is 0.225 e. The molecule has 2 aliphatic rings. The normalized spacial score (nSPS) is 19.5. The van der Waals surface area contributed by atoms with Gasteiger partial charge in [-0.25, -0.2) is 9.97 Å². The van der Waals surface area contributed by atoms with Crippen molar-refractivity contribution in [3.8, 4) is 0 Å². The second-order valence-electron chi connectivity index (χ2n) is 9.24. The van der Waals surface area contributed by atoms with E-state index in [9.17, 15) is 0 Å². The Balaban J connectivity index is 1.24. The lowest BCUT2D eigenvalue weighted by Gasteiger charge is -2.32. The number of likely N-dealkylation sites (tertiary alicyclic amines) is 1. The fourth-order valence-electron chi connectivity index (χ4n) is 4.91. The zero-order valence-corrected chi connectivity index (χ0v) is 19.5. The van der Waals surface area contributed by atoms with E-state index in [0.29, 0.717) is 5.92 Å². The molecular weight excluding hydrogens is 410 g/mol. The highest BCUT2D eigenvalue weighted by Crippen LogP contribution is 2.27. The van der Waals surface area contributed by atoms with Crippen LogP contribution in [0.25, 0.3) is 0 Å². The third-order valence-corrected chi connectivity index (χ3v) is 6.60. The summed E-state index contributed by atoms with van der Waals surface area (Å²) in [6.07, 6.45) is 5.16. The number of hydrogen-bond acceptors (Lipinski definition) is 6. The number of hydrogen-bond donors (Lipinski definition) is 0. The molecule has 1 aromatic carbocycles. The Labute approximate surface area is 196 Å². The topological polar surface area (TPSA) is 54.4 Å². The summed E-state index contributed by atoms with van der Waals surface area (Å²) in [6, 6.07) is 17.3. The van der Waals surface area contributed by atoms with Gasteiger partial charge in [0, 0.05) is 56.1 Å². The Hall–Kier alpha value is -2.83. The van der Waals surface area contributed by atoms with Crippen LogP contribution in [-0.4, -0.2) is 59.2 Å². The van der Waals surface area contributed by atoms with Crippen LogP contribution in [0.3, 0.4) is 0 Å². The number of aromatic nitrogens is 3. The number of aryl methyl sites for hydroxylation is 1. The number of nitrogens with zero attached hydrogens (tertiary/aromatic N) is 5. The first kappa shape index (κ1) is 22.0. The van der Waals surface area contributed by atoms with E-state index in [0.717, 1.165) is 69.7 Å². The molecular formula is C27H33N5O. The molecule has 6 heteroatoms. The van der Waals surface area contributed by atoms with E-state index in [1.165, 1.54) is 29.7 Å². The molecule has 3 aromatic rings. The van der Waals surface area contributed by atoms with Gasteiger partial charge in [0.2, 0.25) is 5.95 Å². The fraction of sp³-hybridized carbons (Fsp3) is 0.444. The SMILES string of the molecule is Cc1cccc(Cc2cccc(C3CCCN(Cc4ccnc(N5CCOCC5)n4)C3)n2)c1. The quantitative estimate of drug-likeness (QED) is 0.574. The van der Waals surface area contributed by atoms with Gasteiger partial charge >= 0.3 is 0 Å². The minimum absolute atomic E-state index is 0.469. The number of ether oxygens (including phenoxy) is 1. The molecule has 6 nitrogen and oxygen atoms in total. The Kier molecular flexibility index (Phi) is 6.93. The lowest BCUT2D eigenvalue weighted by atomic mass is 9.93. The van der Waals surface area contributed by atoms with Crippen LogP contribution in [0.5, 0.6) is 0 Å². The summed E-state index contributed by atoms with van der Waals surface area (Å²) in [6.45, 7) is 8.35. The minimum Gasteiger partial charge on any atom is -0.378 e. The summed E-state index contributed by atoms with van der Waals surface area (Å²) in [5.41, 5.74) is 6.09. The van der Waals surface area contributed by atoms with Gasteiger partial charge in [0.15, 0.2) is 0 Å². The van der Waals surface area contributed by atoms with Crippen LogP contribution in [0.2, 0.25) is 0 Å². The molecule has 4 heterocycles. The van der Waals surface area contributed by atoms with Crippen molar-refractivity contribution in [2.45, 2.75) is 38.6 Å². The molecule has 0 N–H and O–H groups in total. The van der Waals surface area contributed by atoms with Crippen LogP contribution in [0.1, 0.15) is 47.0 Å². The highest BCUT2D eigenvalue weighted by atomic mass is 16.5. The molecule has 2 fully saturated rings. The third-order valence-electron chi connectivity index (χ3n) is 6.60. The molecule has 1 atom stereocenters. The first-order valence-corrected chi connectivity index (χ1v) is 12.1. The van der Waals surface area contributed by atoms with Crippen LogP contribution >= 0.6 is 0 Å². The lowest BCUT2D eigenvalue weighted by Crippen LogP contribution is -2.38. The summed E-state index contributed by atoms with van der Waals surface area (Å²) >= 11 is 0. The van der Waals surface area contributed by atoms with Crippen molar-refractivity contribution in [2.75, 3.05) is 44.3 Å². The molecule has 172 valence electrons. The first-order valence-electron chi connectivity index (χ1n) is 12.1. The van der Waals surface area contributed by atoms with Crippen molar-refractivity contribution in [2.24, 2.45) is 0 Å². The predicted octanol–water partition coefficient (Wildman–Crippen LogP) is 3.99. The lowest BCUT2D eigenvalue weighted by molar-refractivity contribution is 0.122. The highest BCUT2D eigenvalue weighted by Gasteiger charge is 2.23. The second-order valence-corrected chi connectivity index (χ2v) is 9.24. The highest BCUT2D eigenvalue weighted by molar-refractivity contribution is 5.31. The van der Waals surface area contributed by atoms with Crippen LogP contribution in [0.15, 0.2) is 54.7 Å². The maximum atomic E-state index is 5.46. The summed E-state index contributed by atoms with van der Waals surface area (Å²) < 4.78 is 5.46. The Morgan fingerprint density at radius 1 is 0.970 bits per heavy atom. The van der Waals surface area contributed by atoms with Crippen LogP contribution in [-0.2, 0) is 17.7 Å². The van der Waals surface area contributed by atoms with Gasteiger partial charge in [0.05, 0.1) is 18.9 Å². The molecule has 5 rings (SSSR count). The van der Waals surface area contributed by atoms with E-state index in [-0.39, 0.29) is 0 Å². The van der Waals surface area contributed by atoms with Crippen LogP contribution in [0, 0.1) is 6.92 Å². The van der Waals surface area contributed by atoms with E-state index < -0.39 is 0 Å². The van der Waals surface area contributed by atoms with Crippen LogP contribution < -0.4 is 4.90 Å². The fourth-order valence-corrected chi connectivity index (χ4v) is 4.91. The molecule has 1 unspecified atom stereocenters. The molecule has 2 saturated heterocycles. The molecule has 0 saturated carbocycles. The van der Waals surface area contributed by atoms with Gasteiger partial charge in [0.1, 0.15) is 0 Å². The Morgan fingerprint density at radius 3 is 2.73 bits per heavy atom. The maximum absolute atomic E-state index is 5.46. The van der Waals surface area contributed by atoms with E-state index in [1.807, 2.05) is 12.3 Å². The van der Waals surface area contributed by atoms with Crippen molar-refractivity contribution >= 4 is 5.95 Å². The van der Waals surface area contributed by atoms with E-state index in [4.69, 9.17) is 14.7 Å². The number of morpholine rings is 1. The minimum atomic E-state index is 0.469. The number of anilines is 1. The van der Waals surface area contributed by atoms with Gasteiger partial charge in [-0.05, 0) is 50.1 Å². The standard InChI is InChI=1S/C27H33N5O/c1-21-5-2-6-22(17-21)18-24-8-3-9-26(29-24)23-7-4-12-31(19-23)20-25-10-11-28-27(30-25)32-13-15-33-16-14-32/h2-3,5-6,8-11,17,23H,4,7,12-16,18-20H2,1H3. The van der Waals surface area contributed by atoms with E-state index in [2.05, 4.69) is 64.2 Å². The molecule has 0 aliphatic carbocycles. The summed E-state index contributed by atoms with van der Waals surface area (Å²) in [7, 11) is 0. The Morgan fingerprint density at radius 2 is 1.85 bits per heavy atom. The summed E-state index contributed by atoms with van der Waals surface area (Å²) in [5.74, 6) is 1.30. The van der Waals surface area contributed by atoms with Crippen molar-refractivity contribution in [3.63, 3.8) is 0 Å². The zero-order valence-electron chi connectivity index (χ0n) is 19.5. The molecule has 2 aliphatic heterocycles. The Bertz CT molecular complexity index is 1070. The van der Waals surface area contributed by atoms with Gasteiger partial charge < -0.3 is 9.64 Å². The molecule has 0 bridgehead atoms.